The van der Waals surface area contributed by atoms with Gasteiger partial charge in [-0.15, -0.1) is 0 Å². The second-order valence-electron chi connectivity index (χ2n) is 7.36. The van der Waals surface area contributed by atoms with Crippen LogP contribution in [0.3, 0.4) is 0 Å². The molecule has 4 rings (SSSR count). The quantitative estimate of drug-likeness (QED) is 0.459. The van der Waals surface area contributed by atoms with Crippen molar-refractivity contribution in [1.29, 1.82) is 0 Å². The Bertz CT molecular complexity index is 1290. The fourth-order valence-electron chi connectivity index (χ4n) is 3.46. The Labute approximate surface area is 178 Å². The predicted octanol–water partition coefficient (Wildman–Crippen LogP) is 5.37. The minimum atomic E-state index is -0.472. The number of hydrogen-bond donors (Lipinski definition) is 2. The van der Waals surface area contributed by atoms with Crippen molar-refractivity contribution in [2.75, 3.05) is 5.32 Å². The molecule has 2 amide bonds. The molecule has 0 saturated carbocycles. The molecule has 3 aromatic carbocycles. The average molecular weight is 416 g/mol. The second kappa shape index (κ2) is 8.44. The lowest BCUT2D eigenvalue weighted by atomic mass is 10.1. The standard InChI is InChI=1S/C25H21FN2O3/c1-15-6-3-11-21-16(2)23(31-22(15)21)25(30)27-14-17-7-4-10-20(12-17)28-24(29)18-8-5-9-19(26)13-18/h3-13H,14H2,1-2H3,(H,27,30)(H,28,29). The largest absolute Gasteiger partial charge is 0.450 e. The summed E-state index contributed by atoms with van der Waals surface area (Å²) in [4.78, 5) is 25.0. The molecule has 4 aromatic rings. The molecule has 0 unspecified atom stereocenters. The number of carbonyl (C=O) groups excluding carboxylic acids is 2. The molecule has 156 valence electrons. The minimum absolute atomic E-state index is 0.231. The predicted molar refractivity (Wildman–Crippen MR) is 118 cm³/mol. The van der Waals surface area contributed by atoms with Gasteiger partial charge in [-0.3, -0.25) is 9.59 Å². The number of benzene rings is 3. The van der Waals surface area contributed by atoms with Gasteiger partial charge < -0.3 is 15.1 Å². The third-order valence-corrected chi connectivity index (χ3v) is 5.09. The maximum Gasteiger partial charge on any atom is 0.287 e. The van der Waals surface area contributed by atoms with E-state index < -0.39 is 11.7 Å². The van der Waals surface area contributed by atoms with Crippen LogP contribution >= 0.6 is 0 Å². The van der Waals surface area contributed by atoms with Gasteiger partial charge in [0.2, 0.25) is 0 Å². The van der Waals surface area contributed by atoms with Gasteiger partial charge in [0.25, 0.3) is 11.8 Å². The number of halogens is 1. The number of nitrogens with one attached hydrogen (secondary N) is 2. The van der Waals surface area contributed by atoms with Crippen LogP contribution in [0.1, 0.15) is 37.6 Å². The van der Waals surface area contributed by atoms with Crippen LogP contribution in [0.5, 0.6) is 0 Å². The van der Waals surface area contributed by atoms with E-state index in [9.17, 15) is 14.0 Å². The Morgan fingerprint density at radius 3 is 2.48 bits per heavy atom. The first-order valence-electron chi connectivity index (χ1n) is 9.85. The summed E-state index contributed by atoms with van der Waals surface area (Å²) in [5.74, 6) is -0.892. The first-order valence-corrected chi connectivity index (χ1v) is 9.85. The molecular formula is C25H21FN2O3. The highest BCUT2D eigenvalue weighted by Gasteiger charge is 2.18. The average Bonchev–Trinajstić information content (AvgIpc) is 3.10. The molecular weight excluding hydrogens is 395 g/mol. The monoisotopic (exact) mass is 416 g/mol. The van der Waals surface area contributed by atoms with Crippen LogP contribution in [-0.4, -0.2) is 11.8 Å². The van der Waals surface area contributed by atoms with E-state index in [-0.39, 0.29) is 18.0 Å². The van der Waals surface area contributed by atoms with Crippen molar-refractivity contribution in [3.05, 3.63) is 101 Å². The minimum Gasteiger partial charge on any atom is -0.450 e. The van der Waals surface area contributed by atoms with Gasteiger partial charge >= 0.3 is 0 Å². The molecule has 0 aliphatic carbocycles. The van der Waals surface area contributed by atoms with E-state index in [0.717, 1.165) is 22.1 Å². The molecule has 0 aliphatic rings. The molecule has 31 heavy (non-hydrogen) atoms. The number of aryl methyl sites for hydroxylation is 2. The SMILES string of the molecule is Cc1c(C(=O)NCc2cccc(NC(=O)c3cccc(F)c3)c2)oc2c(C)cccc12. The number of fused-ring (bicyclic) bond motifs is 1. The fourth-order valence-corrected chi connectivity index (χ4v) is 3.46. The summed E-state index contributed by atoms with van der Waals surface area (Å²) >= 11 is 0. The van der Waals surface area contributed by atoms with Crippen LogP contribution < -0.4 is 10.6 Å². The molecule has 0 radical (unpaired) electrons. The lowest BCUT2D eigenvalue weighted by molar-refractivity contribution is 0.0923. The summed E-state index contributed by atoms with van der Waals surface area (Å²) in [6.07, 6.45) is 0. The topological polar surface area (TPSA) is 71.3 Å². The lowest BCUT2D eigenvalue weighted by Gasteiger charge is -2.09. The molecule has 0 aliphatic heterocycles. The number of rotatable bonds is 5. The molecule has 1 heterocycles. The molecule has 0 saturated heterocycles. The van der Waals surface area contributed by atoms with E-state index in [2.05, 4.69) is 10.6 Å². The highest BCUT2D eigenvalue weighted by atomic mass is 19.1. The van der Waals surface area contributed by atoms with Gasteiger partial charge in [-0.1, -0.05) is 36.4 Å². The highest BCUT2D eigenvalue weighted by Crippen LogP contribution is 2.27. The lowest BCUT2D eigenvalue weighted by Crippen LogP contribution is -2.23. The Balaban J connectivity index is 1.45. The third kappa shape index (κ3) is 4.33. The van der Waals surface area contributed by atoms with Gasteiger partial charge in [0.1, 0.15) is 11.4 Å². The third-order valence-electron chi connectivity index (χ3n) is 5.09. The van der Waals surface area contributed by atoms with Crippen molar-refractivity contribution in [3.63, 3.8) is 0 Å². The first-order chi connectivity index (χ1) is 14.9. The van der Waals surface area contributed by atoms with E-state index in [1.165, 1.54) is 18.2 Å². The number of amides is 2. The van der Waals surface area contributed by atoms with Gasteiger partial charge in [0, 0.05) is 28.7 Å². The maximum absolute atomic E-state index is 13.3. The summed E-state index contributed by atoms with van der Waals surface area (Å²) < 4.78 is 19.2. The zero-order chi connectivity index (χ0) is 22.0. The Morgan fingerprint density at radius 1 is 0.935 bits per heavy atom. The first kappa shape index (κ1) is 20.3. The molecule has 2 N–H and O–H groups in total. The Hall–Kier alpha value is -3.93. The van der Waals surface area contributed by atoms with Gasteiger partial charge in [-0.2, -0.15) is 0 Å². The number of para-hydroxylation sites is 1. The van der Waals surface area contributed by atoms with Crippen molar-refractivity contribution < 1.29 is 18.4 Å². The summed E-state index contributed by atoms with van der Waals surface area (Å²) in [7, 11) is 0. The Kier molecular flexibility index (Phi) is 5.54. The van der Waals surface area contributed by atoms with Gasteiger partial charge in [0.05, 0.1) is 0 Å². The van der Waals surface area contributed by atoms with E-state index in [1.54, 1.807) is 24.3 Å². The Morgan fingerprint density at radius 2 is 1.71 bits per heavy atom. The maximum atomic E-state index is 13.3. The van der Waals surface area contributed by atoms with Crippen LogP contribution in [0.15, 0.2) is 71.1 Å². The van der Waals surface area contributed by atoms with Crippen LogP contribution in [0.2, 0.25) is 0 Å². The van der Waals surface area contributed by atoms with Crippen molar-refractivity contribution in [2.45, 2.75) is 20.4 Å². The molecule has 6 heteroatoms. The van der Waals surface area contributed by atoms with Crippen LogP contribution in [0, 0.1) is 19.7 Å². The van der Waals surface area contributed by atoms with Crippen molar-refractivity contribution in [2.24, 2.45) is 0 Å². The fraction of sp³-hybridized carbons (Fsp3) is 0.120. The molecule has 0 atom stereocenters. The van der Waals surface area contributed by atoms with Crippen molar-refractivity contribution >= 4 is 28.5 Å². The zero-order valence-corrected chi connectivity index (χ0v) is 17.2. The number of furan rings is 1. The zero-order valence-electron chi connectivity index (χ0n) is 17.2. The highest BCUT2D eigenvalue weighted by molar-refractivity contribution is 6.04. The summed E-state index contributed by atoms with van der Waals surface area (Å²) in [6.45, 7) is 4.07. The normalized spacial score (nSPS) is 10.8. The smallest absolute Gasteiger partial charge is 0.287 e. The summed E-state index contributed by atoms with van der Waals surface area (Å²) in [5.41, 5.74) is 4.07. The van der Waals surface area contributed by atoms with Gasteiger partial charge in [0.15, 0.2) is 5.76 Å². The van der Waals surface area contributed by atoms with Gasteiger partial charge in [-0.05, 0) is 55.3 Å². The molecule has 5 nitrogen and oxygen atoms in total. The molecule has 1 aromatic heterocycles. The number of hydrogen-bond acceptors (Lipinski definition) is 3. The van der Waals surface area contributed by atoms with E-state index in [4.69, 9.17) is 4.42 Å². The summed E-state index contributed by atoms with van der Waals surface area (Å²) in [5, 5.41) is 6.53. The molecule has 0 spiro atoms. The van der Waals surface area contributed by atoms with Crippen LogP contribution in [0.25, 0.3) is 11.0 Å². The van der Waals surface area contributed by atoms with Crippen molar-refractivity contribution in [3.8, 4) is 0 Å². The molecule has 0 bridgehead atoms. The molecule has 0 fully saturated rings. The van der Waals surface area contributed by atoms with Crippen LogP contribution in [0.4, 0.5) is 10.1 Å². The van der Waals surface area contributed by atoms with Gasteiger partial charge in [-0.25, -0.2) is 4.39 Å². The number of carbonyl (C=O) groups is 2. The van der Waals surface area contributed by atoms with E-state index >= 15 is 0 Å². The number of anilines is 1. The van der Waals surface area contributed by atoms with E-state index in [1.807, 2.05) is 38.1 Å². The van der Waals surface area contributed by atoms with Crippen LogP contribution in [-0.2, 0) is 6.54 Å². The summed E-state index contributed by atoms with van der Waals surface area (Å²) in [6, 6.07) is 18.4. The van der Waals surface area contributed by atoms with E-state index in [0.29, 0.717) is 17.0 Å². The second-order valence-corrected chi connectivity index (χ2v) is 7.36. The van der Waals surface area contributed by atoms with Crippen molar-refractivity contribution in [1.82, 2.24) is 5.32 Å².